The minimum absolute atomic E-state index is 0.271. The third kappa shape index (κ3) is 3.50. The monoisotopic (exact) mass is 409 g/mol. The number of ether oxygens (including phenoxy) is 2. The number of aromatic nitrogens is 5. The zero-order valence-corrected chi connectivity index (χ0v) is 17.2. The van der Waals surface area contributed by atoms with Crippen LogP contribution in [0.1, 0.15) is 5.69 Å². The van der Waals surface area contributed by atoms with Crippen molar-refractivity contribution in [3.05, 3.63) is 48.3 Å². The lowest BCUT2D eigenvalue weighted by molar-refractivity contribution is 0.355. The van der Waals surface area contributed by atoms with Crippen LogP contribution >= 0.6 is 0 Å². The summed E-state index contributed by atoms with van der Waals surface area (Å²) < 4.78 is 24.2. The first-order valence-electron chi connectivity index (χ1n) is 8.77. The van der Waals surface area contributed by atoms with Crippen molar-refractivity contribution in [3.8, 4) is 34.1 Å². The summed E-state index contributed by atoms with van der Waals surface area (Å²) in [5, 5.41) is 5.04. The zero-order valence-electron chi connectivity index (χ0n) is 16.4. The Morgan fingerprint density at radius 1 is 0.966 bits per heavy atom. The molecule has 0 radical (unpaired) electrons. The van der Waals surface area contributed by atoms with Gasteiger partial charge in [-0.05, 0) is 43.3 Å². The predicted octanol–water partition coefficient (Wildman–Crippen LogP) is 2.92. The van der Waals surface area contributed by atoms with Crippen molar-refractivity contribution in [1.82, 2.24) is 24.6 Å². The number of hydrogen-bond acceptors (Lipinski definition) is 7. The normalized spacial score (nSPS) is 12.2. The molecule has 0 aliphatic carbocycles. The molecule has 0 spiro atoms. The van der Waals surface area contributed by atoms with E-state index >= 15 is 0 Å². The molecule has 1 atom stereocenters. The van der Waals surface area contributed by atoms with Crippen LogP contribution in [0.15, 0.2) is 47.8 Å². The number of nitrogens with zero attached hydrogens (tertiary/aromatic N) is 5. The fourth-order valence-corrected chi connectivity index (χ4v) is 3.53. The van der Waals surface area contributed by atoms with Gasteiger partial charge in [0.25, 0.3) is 0 Å². The van der Waals surface area contributed by atoms with E-state index < -0.39 is 11.2 Å². The second-order valence-electron chi connectivity index (χ2n) is 6.28. The van der Waals surface area contributed by atoms with Gasteiger partial charge in [0, 0.05) is 22.9 Å². The van der Waals surface area contributed by atoms with E-state index in [0.717, 1.165) is 22.6 Å². The molecule has 29 heavy (non-hydrogen) atoms. The number of aryl methyl sites for hydroxylation is 1. The average Bonchev–Trinajstić information content (AvgIpc) is 3.08. The van der Waals surface area contributed by atoms with Gasteiger partial charge in [0.05, 0.1) is 31.3 Å². The second-order valence-corrected chi connectivity index (χ2v) is 7.56. The van der Waals surface area contributed by atoms with E-state index in [0.29, 0.717) is 22.8 Å². The highest BCUT2D eigenvalue weighted by Crippen LogP contribution is 2.32. The molecule has 0 N–H and O–H groups in total. The number of fused-ring (bicyclic) bond motifs is 1. The fourth-order valence-electron chi connectivity index (χ4n) is 3.10. The average molecular weight is 409 g/mol. The maximum Gasteiger partial charge on any atom is 0.343 e. The van der Waals surface area contributed by atoms with Gasteiger partial charge in [-0.1, -0.05) is 0 Å². The Hall–Kier alpha value is -3.17. The van der Waals surface area contributed by atoms with E-state index in [9.17, 15) is 4.55 Å². The summed E-state index contributed by atoms with van der Waals surface area (Å²) in [7, 11) is 3.20. The van der Waals surface area contributed by atoms with E-state index in [1.807, 2.05) is 37.3 Å². The molecule has 0 aliphatic rings. The van der Waals surface area contributed by atoms with Crippen LogP contribution in [0.5, 0.6) is 11.5 Å². The summed E-state index contributed by atoms with van der Waals surface area (Å²) in [5.74, 6) is 1.28. The van der Waals surface area contributed by atoms with Crippen molar-refractivity contribution in [2.24, 2.45) is 0 Å². The first-order valence-corrected chi connectivity index (χ1v) is 10.3. The molecule has 9 heteroatoms. The molecule has 3 heterocycles. The van der Waals surface area contributed by atoms with Crippen LogP contribution in [0.4, 0.5) is 0 Å². The number of imidazole rings is 1. The van der Waals surface area contributed by atoms with Crippen LogP contribution in [0, 0.1) is 6.92 Å². The van der Waals surface area contributed by atoms with Crippen molar-refractivity contribution in [2.75, 3.05) is 20.5 Å². The molecule has 0 saturated heterocycles. The number of benzene rings is 1. The Kier molecular flexibility index (Phi) is 5.08. The smallest absolute Gasteiger partial charge is 0.343 e. The summed E-state index contributed by atoms with van der Waals surface area (Å²) in [5.41, 5.74) is 4.43. The van der Waals surface area contributed by atoms with Crippen LogP contribution in [0.2, 0.25) is 0 Å². The molecule has 1 aromatic carbocycles. The molecule has 4 rings (SSSR count). The Bertz CT molecular complexity index is 1190. The summed E-state index contributed by atoms with van der Waals surface area (Å²) in [6, 6.07) is 11.2. The van der Waals surface area contributed by atoms with Gasteiger partial charge in [-0.2, -0.15) is 15.1 Å². The second kappa shape index (κ2) is 7.69. The molecule has 0 aliphatic heterocycles. The van der Waals surface area contributed by atoms with E-state index in [4.69, 9.17) is 14.6 Å². The molecule has 0 bridgehead atoms. The molecule has 8 nitrogen and oxygen atoms in total. The zero-order chi connectivity index (χ0) is 20.5. The van der Waals surface area contributed by atoms with Crippen molar-refractivity contribution in [3.63, 3.8) is 0 Å². The first-order chi connectivity index (χ1) is 14.0. The quantitative estimate of drug-likeness (QED) is 0.369. The molecule has 1 unspecified atom stereocenters. The topological polar surface area (TPSA) is 97.5 Å². The molecular formula is C20H19N5O3S. The van der Waals surface area contributed by atoms with Crippen LogP contribution in [0.3, 0.4) is 0 Å². The maximum atomic E-state index is 11.8. The number of methoxy groups -OCH3 is 2. The fraction of sp³-hybridized carbons (Fsp3) is 0.200. The SMILES string of the molecule is COc1ccc(-c2ccc3nc(C)c(-c4ccnc([S+](C)[O-])n4)n3n2)cc1OC. The molecular weight excluding hydrogens is 390 g/mol. The van der Waals surface area contributed by atoms with Gasteiger partial charge in [-0.3, -0.25) is 0 Å². The van der Waals surface area contributed by atoms with E-state index in [1.54, 1.807) is 37.3 Å². The van der Waals surface area contributed by atoms with Crippen LogP contribution in [-0.4, -0.2) is 49.6 Å². The molecule has 3 aromatic heterocycles. The lowest BCUT2D eigenvalue weighted by Crippen LogP contribution is -2.06. The van der Waals surface area contributed by atoms with E-state index in [2.05, 4.69) is 15.0 Å². The number of hydrogen-bond donors (Lipinski definition) is 0. The molecule has 148 valence electrons. The van der Waals surface area contributed by atoms with Gasteiger partial charge in [0.15, 0.2) is 17.1 Å². The van der Waals surface area contributed by atoms with Gasteiger partial charge < -0.3 is 14.0 Å². The Labute approximate surface area is 170 Å². The largest absolute Gasteiger partial charge is 0.609 e. The maximum absolute atomic E-state index is 11.8. The van der Waals surface area contributed by atoms with Gasteiger partial charge >= 0.3 is 5.16 Å². The Morgan fingerprint density at radius 3 is 2.48 bits per heavy atom. The highest BCUT2D eigenvalue weighted by molar-refractivity contribution is 7.90. The van der Waals surface area contributed by atoms with Crippen LogP contribution < -0.4 is 9.47 Å². The highest BCUT2D eigenvalue weighted by Gasteiger charge is 2.18. The third-order valence-corrected chi connectivity index (χ3v) is 5.18. The van der Waals surface area contributed by atoms with Crippen molar-refractivity contribution >= 4 is 16.8 Å². The summed E-state index contributed by atoms with van der Waals surface area (Å²) in [6.45, 7) is 1.89. The van der Waals surface area contributed by atoms with Gasteiger partial charge in [0.2, 0.25) is 0 Å². The van der Waals surface area contributed by atoms with Crippen LogP contribution in [-0.2, 0) is 11.2 Å². The Balaban J connectivity index is 1.87. The van der Waals surface area contributed by atoms with E-state index in [-0.39, 0.29) is 5.16 Å². The first kappa shape index (κ1) is 19.2. The predicted molar refractivity (Wildman–Crippen MR) is 110 cm³/mol. The van der Waals surface area contributed by atoms with Crippen molar-refractivity contribution < 1.29 is 14.0 Å². The van der Waals surface area contributed by atoms with Crippen molar-refractivity contribution in [1.29, 1.82) is 0 Å². The molecule has 0 fully saturated rings. The summed E-state index contributed by atoms with van der Waals surface area (Å²) >= 11 is -1.28. The minimum atomic E-state index is -1.28. The Morgan fingerprint density at radius 2 is 1.76 bits per heavy atom. The molecule has 0 saturated carbocycles. The third-order valence-electron chi connectivity index (χ3n) is 4.46. The number of rotatable bonds is 5. The summed E-state index contributed by atoms with van der Waals surface area (Å²) in [6.07, 6.45) is 3.14. The lowest BCUT2D eigenvalue weighted by atomic mass is 10.1. The molecule has 4 aromatic rings. The molecule has 0 amide bonds. The lowest BCUT2D eigenvalue weighted by Gasteiger charge is -2.10. The van der Waals surface area contributed by atoms with Gasteiger partial charge in [-0.25, -0.2) is 9.50 Å². The minimum Gasteiger partial charge on any atom is -0.609 e. The van der Waals surface area contributed by atoms with E-state index in [1.165, 1.54) is 0 Å². The van der Waals surface area contributed by atoms with Gasteiger partial charge in [-0.15, -0.1) is 0 Å². The van der Waals surface area contributed by atoms with Crippen molar-refractivity contribution in [2.45, 2.75) is 12.1 Å². The standard InChI is InChI=1S/C20H19N5O3S/c1-12-19(15-9-10-21-20(23-15)29(4)26)25-18(22-12)8-6-14(24-25)13-5-7-16(27-2)17(11-13)28-3/h5-11H,1-4H3. The van der Waals surface area contributed by atoms with Gasteiger partial charge in [0.1, 0.15) is 11.9 Å². The highest BCUT2D eigenvalue weighted by atomic mass is 32.2. The van der Waals surface area contributed by atoms with Crippen LogP contribution in [0.25, 0.3) is 28.3 Å². The summed E-state index contributed by atoms with van der Waals surface area (Å²) in [4.78, 5) is 13.1.